The third-order valence-electron chi connectivity index (χ3n) is 12.1. The van der Waals surface area contributed by atoms with Crippen molar-refractivity contribution in [2.75, 3.05) is 32.6 Å². The van der Waals surface area contributed by atoms with Crippen LogP contribution in [0.3, 0.4) is 0 Å². The van der Waals surface area contributed by atoms with Crippen molar-refractivity contribution >= 4 is 30.2 Å². The summed E-state index contributed by atoms with van der Waals surface area (Å²) in [6.45, 7) is 25.1. The number of esters is 1. The van der Waals surface area contributed by atoms with Gasteiger partial charge in [0.2, 0.25) is 0 Å². The minimum absolute atomic E-state index is 0.0141. The highest BCUT2D eigenvalue weighted by molar-refractivity contribution is 7.54. The first-order chi connectivity index (χ1) is 29.6. The molecular formula is C46H77F6O10PSi2. The highest BCUT2D eigenvalue weighted by Gasteiger charge is 2.44. The summed E-state index contributed by atoms with van der Waals surface area (Å²) in [5.74, 6) is -1.18. The SMILES string of the molecule is C=C(CC(C=CC[C@H](OC(=O)CP(=O)(OCC(F)(F)F)OCC(F)(F)F)[C@H](C=C[C@@H]1CC(C)=CCO1)O[Si](C)(C)C(C)(C)C)O[Si](C)(C)C(C)(C)C)C[C@H](C)C[C@@H]1CC=C[C@@H](CCO)O1. The largest absolute Gasteiger partial charge is 0.458 e. The number of carbonyl (C=O) groups is 1. The van der Waals surface area contributed by atoms with Gasteiger partial charge in [-0.15, -0.1) is 0 Å². The van der Waals surface area contributed by atoms with Crippen molar-refractivity contribution in [2.24, 2.45) is 5.92 Å². The van der Waals surface area contributed by atoms with Crippen LogP contribution >= 0.6 is 7.60 Å². The van der Waals surface area contributed by atoms with E-state index in [-0.39, 0.29) is 47.3 Å². The Balaban J connectivity index is 2.57. The van der Waals surface area contributed by atoms with Crippen molar-refractivity contribution < 1.29 is 72.9 Å². The summed E-state index contributed by atoms with van der Waals surface area (Å²) >= 11 is 0. The molecule has 0 saturated carbocycles. The molecule has 2 aliphatic heterocycles. The summed E-state index contributed by atoms with van der Waals surface area (Å²) in [6.07, 6.45) is 2.10. The molecule has 376 valence electrons. The number of aliphatic hydroxyl groups excluding tert-OH is 1. The summed E-state index contributed by atoms with van der Waals surface area (Å²) in [6, 6.07) is 0. The fourth-order valence-electron chi connectivity index (χ4n) is 6.61. The van der Waals surface area contributed by atoms with Crippen LogP contribution in [-0.4, -0.2) is 109 Å². The molecule has 7 atom stereocenters. The Hall–Kier alpha value is -1.87. The molecule has 0 aromatic heterocycles. The van der Waals surface area contributed by atoms with Gasteiger partial charge < -0.3 is 28.2 Å². The van der Waals surface area contributed by atoms with Gasteiger partial charge in [-0.05, 0) is 81.2 Å². The Morgan fingerprint density at radius 3 is 2.08 bits per heavy atom. The van der Waals surface area contributed by atoms with E-state index >= 15 is 0 Å². The highest BCUT2D eigenvalue weighted by Crippen LogP contribution is 2.50. The summed E-state index contributed by atoms with van der Waals surface area (Å²) < 4.78 is 133. The minimum atomic E-state index is -5.35. The van der Waals surface area contributed by atoms with E-state index in [9.17, 15) is 40.8 Å². The lowest BCUT2D eigenvalue weighted by molar-refractivity contribution is -0.167. The minimum Gasteiger partial charge on any atom is -0.458 e. The summed E-state index contributed by atoms with van der Waals surface area (Å²) in [4.78, 5) is 13.7. The van der Waals surface area contributed by atoms with Gasteiger partial charge in [0, 0.05) is 19.4 Å². The lowest BCUT2D eigenvalue weighted by Crippen LogP contribution is -2.47. The molecule has 1 unspecified atom stereocenters. The van der Waals surface area contributed by atoms with Gasteiger partial charge in [-0.2, -0.15) is 26.3 Å². The van der Waals surface area contributed by atoms with Crippen LogP contribution in [0.4, 0.5) is 26.3 Å². The van der Waals surface area contributed by atoms with Crippen molar-refractivity contribution in [2.45, 2.75) is 186 Å². The van der Waals surface area contributed by atoms with E-state index in [2.05, 4.69) is 62.5 Å². The van der Waals surface area contributed by atoms with E-state index < -0.39 is 80.2 Å². The number of hydrogen-bond acceptors (Lipinski definition) is 10. The molecule has 0 bridgehead atoms. The van der Waals surface area contributed by atoms with Crippen LogP contribution in [0.1, 0.15) is 100 Å². The molecule has 2 aliphatic rings. The second-order valence-electron chi connectivity index (χ2n) is 20.5. The van der Waals surface area contributed by atoms with Crippen molar-refractivity contribution in [3.8, 4) is 0 Å². The predicted molar refractivity (Wildman–Crippen MR) is 248 cm³/mol. The van der Waals surface area contributed by atoms with E-state index in [4.69, 9.17) is 23.1 Å². The molecule has 65 heavy (non-hydrogen) atoms. The monoisotopic (exact) mass is 990 g/mol. The maximum absolute atomic E-state index is 13.7. The van der Waals surface area contributed by atoms with Gasteiger partial charge in [-0.25, -0.2) is 0 Å². The number of hydrogen-bond donors (Lipinski definition) is 1. The Labute approximate surface area is 386 Å². The van der Waals surface area contributed by atoms with E-state index in [1.807, 2.05) is 59.0 Å². The molecule has 2 rings (SSSR count). The number of halogens is 6. The van der Waals surface area contributed by atoms with E-state index in [1.54, 1.807) is 18.2 Å². The number of rotatable bonds is 25. The Morgan fingerprint density at radius 2 is 1.54 bits per heavy atom. The van der Waals surface area contributed by atoms with E-state index in [0.29, 0.717) is 32.3 Å². The van der Waals surface area contributed by atoms with Crippen LogP contribution in [-0.2, 0) is 41.5 Å². The van der Waals surface area contributed by atoms with Crippen molar-refractivity contribution in [3.63, 3.8) is 0 Å². The topological polar surface area (TPSA) is 119 Å². The fourth-order valence-corrected chi connectivity index (χ4v) is 10.5. The van der Waals surface area contributed by atoms with E-state index in [0.717, 1.165) is 24.0 Å². The number of aliphatic hydroxyl groups is 1. The van der Waals surface area contributed by atoms with Crippen molar-refractivity contribution in [1.29, 1.82) is 0 Å². The summed E-state index contributed by atoms with van der Waals surface area (Å²) in [7, 11) is -10.5. The van der Waals surface area contributed by atoms with Gasteiger partial charge in [0.15, 0.2) is 29.8 Å². The second-order valence-corrected chi connectivity index (χ2v) is 32.0. The molecule has 0 aromatic carbocycles. The van der Waals surface area contributed by atoms with Crippen LogP contribution < -0.4 is 0 Å². The maximum atomic E-state index is 13.7. The third kappa shape index (κ3) is 22.9. The first-order valence-corrected chi connectivity index (χ1v) is 30.0. The Bertz CT molecular complexity index is 1660. The predicted octanol–water partition coefficient (Wildman–Crippen LogP) is 12.7. The van der Waals surface area contributed by atoms with Gasteiger partial charge in [-0.1, -0.05) is 109 Å². The molecule has 19 heteroatoms. The third-order valence-corrected chi connectivity index (χ3v) is 22.8. The van der Waals surface area contributed by atoms with Crippen molar-refractivity contribution in [3.05, 3.63) is 60.3 Å². The molecule has 0 amide bonds. The summed E-state index contributed by atoms with van der Waals surface area (Å²) in [5, 5.41) is 8.88. The lowest BCUT2D eigenvalue weighted by Gasteiger charge is -2.40. The summed E-state index contributed by atoms with van der Waals surface area (Å²) in [5.41, 5.74) is 2.04. The molecule has 0 fully saturated rings. The number of ether oxygens (including phenoxy) is 3. The van der Waals surface area contributed by atoms with Gasteiger partial charge in [0.05, 0.1) is 31.0 Å². The zero-order valence-corrected chi connectivity index (χ0v) is 43.5. The van der Waals surface area contributed by atoms with Crippen LogP contribution in [0.15, 0.2) is 60.3 Å². The maximum Gasteiger partial charge on any atom is 0.412 e. The zero-order valence-electron chi connectivity index (χ0n) is 40.6. The van der Waals surface area contributed by atoms with E-state index in [1.165, 1.54) is 0 Å². The first-order valence-electron chi connectivity index (χ1n) is 22.4. The van der Waals surface area contributed by atoms with Crippen LogP contribution in [0.5, 0.6) is 0 Å². The Morgan fingerprint density at radius 1 is 0.954 bits per heavy atom. The number of alkyl halides is 6. The van der Waals surface area contributed by atoms with Gasteiger partial charge in [-0.3, -0.25) is 18.4 Å². The first kappa shape index (κ1) is 59.3. The molecule has 0 spiro atoms. The average Bonchev–Trinajstić information content (AvgIpc) is 3.13. The smallest absolute Gasteiger partial charge is 0.412 e. The van der Waals surface area contributed by atoms with Gasteiger partial charge >= 0.3 is 25.9 Å². The number of carbonyl (C=O) groups excluding carboxylic acids is 1. The van der Waals surface area contributed by atoms with Gasteiger partial charge in [0.25, 0.3) is 0 Å². The van der Waals surface area contributed by atoms with Crippen molar-refractivity contribution in [1.82, 2.24) is 0 Å². The lowest BCUT2D eigenvalue weighted by atomic mass is 9.91. The molecule has 0 saturated heterocycles. The van der Waals surface area contributed by atoms with Crippen LogP contribution in [0.25, 0.3) is 0 Å². The molecule has 0 aromatic rings. The average molecular weight is 991 g/mol. The molecule has 10 nitrogen and oxygen atoms in total. The standard InChI is InChI=1S/C46H77F6O10PSi2/c1-33-23-25-56-37(27-33)20-21-41(62-65(12,13)44(7,8)9)40(60-42(54)30-63(55,57-31-45(47,48)49)58-32-46(50,51)52)19-15-18-39(61-64(10,11)43(4,5)6)29-35(3)26-34(2)28-38-17-14-16-36(59-38)22-24-53/h14-16,18,20-21,23,34,36-41,53H,3,17,19,22,24-32H2,1-2,4-13H3/t34-,36-,37+,38-,39?,40-,41-/m0/s1. The van der Waals surface area contributed by atoms with Gasteiger partial charge in [0.1, 0.15) is 18.4 Å². The molecule has 0 aliphatic carbocycles. The normalized spacial score (nSPS) is 21.6. The highest BCUT2D eigenvalue weighted by atomic mass is 31.2. The zero-order chi connectivity index (χ0) is 49.7. The van der Waals surface area contributed by atoms with Crippen LogP contribution in [0.2, 0.25) is 36.3 Å². The Kier molecular flexibility index (Phi) is 22.9. The quantitative estimate of drug-likeness (QED) is 0.0311. The molecule has 2 heterocycles. The molecule has 1 N–H and O–H groups in total. The fraction of sp³-hybridized carbons (Fsp3) is 0.761. The molecular weight excluding hydrogens is 914 g/mol. The van der Waals surface area contributed by atoms with Crippen LogP contribution in [0, 0.1) is 5.92 Å². The second kappa shape index (κ2) is 25.1. The molecule has 0 radical (unpaired) electrons.